The number of hydrogen-bond acceptors (Lipinski definition) is 1. The molecule has 0 unspecified atom stereocenters. The van der Waals surface area contributed by atoms with Crippen molar-refractivity contribution in [2.24, 2.45) is 0 Å². The fraction of sp³-hybridized carbons (Fsp3) is 0. The molecule has 0 atom stereocenters. The summed E-state index contributed by atoms with van der Waals surface area (Å²) in [5.74, 6) is 0. The topological polar surface area (TPSA) is 17.1 Å². The minimum atomic E-state index is 0. The summed E-state index contributed by atoms with van der Waals surface area (Å²) < 4.78 is 7.81. The van der Waals surface area contributed by atoms with Gasteiger partial charge < -0.3 is 0 Å². The van der Waals surface area contributed by atoms with Crippen molar-refractivity contribution in [3.05, 3.63) is 0 Å². The molecule has 0 heterocycles. The maximum absolute atomic E-state index is 7.81. The molecule has 0 aliphatic rings. The molecule has 0 rings (SSSR count). The summed E-state index contributed by atoms with van der Waals surface area (Å²) in [5.41, 5.74) is 0. The van der Waals surface area contributed by atoms with Gasteiger partial charge in [-0.05, 0) is 0 Å². The first-order chi connectivity index (χ1) is 1.00. The molecule has 4 heavy (non-hydrogen) atoms. The minimum absolute atomic E-state index is 0. The molecule has 4 heteroatoms. The Labute approximate surface area is 63.9 Å². The van der Waals surface area contributed by atoms with E-state index in [1.54, 1.807) is 0 Å². The molecular formula is H3BiCuOV. The second-order valence-electron chi connectivity index (χ2n) is 0. The van der Waals surface area contributed by atoms with Crippen molar-refractivity contribution in [1.29, 1.82) is 0 Å². The van der Waals surface area contributed by atoms with E-state index in [0.29, 0.717) is 0 Å². The Morgan fingerprint density at radius 1 is 1.25 bits per heavy atom. The molecule has 0 aromatic carbocycles. The van der Waals surface area contributed by atoms with Crippen LogP contribution >= 0.6 is 0 Å². The number of hydrogen-bond donors (Lipinski definition) is 0. The molecule has 0 fully saturated rings. The van der Waals surface area contributed by atoms with Crippen LogP contribution in [0.1, 0.15) is 0 Å². The van der Waals surface area contributed by atoms with E-state index >= 15 is 0 Å². The molecule has 0 aliphatic heterocycles. The summed E-state index contributed by atoms with van der Waals surface area (Å²) in [6, 6.07) is 0. The van der Waals surface area contributed by atoms with E-state index in [-0.39, 0.29) is 44.8 Å². The fourth-order valence-electron chi connectivity index (χ4n) is 0. The van der Waals surface area contributed by atoms with Crippen molar-refractivity contribution >= 4 is 26.2 Å². The van der Waals surface area contributed by atoms with Crippen LogP contribution < -0.4 is 0 Å². The Balaban J connectivity index is -0.00000000500. The van der Waals surface area contributed by atoms with Gasteiger partial charge in [-0.25, -0.2) is 0 Å². The molecule has 0 aromatic rings. The third kappa shape index (κ3) is 9.21. The van der Waals surface area contributed by atoms with E-state index in [4.69, 9.17) is 3.83 Å². The minimum Gasteiger partial charge on any atom is 0 e. The van der Waals surface area contributed by atoms with Gasteiger partial charge in [-0.2, -0.15) is 0 Å². The quantitative estimate of drug-likeness (QED) is 0.500. The third-order valence-corrected chi connectivity index (χ3v) is 0. The van der Waals surface area contributed by atoms with E-state index in [1.165, 1.54) is 0 Å². The van der Waals surface area contributed by atoms with Crippen molar-refractivity contribution in [2.45, 2.75) is 0 Å². The molecule has 0 saturated carbocycles. The summed E-state index contributed by atoms with van der Waals surface area (Å²) in [6.45, 7) is 0. The van der Waals surface area contributed by atoms with Crippen LogP contribution in [0.15, 0.2) is 0 Å². The van der Waals surface area contributed by atoms with Crippen LogP contribution in [-0.2, 0) is 38.3 Å². The smallest absolute Gasteiger partial charge is 0 e. The summed E-state index contributed by atoms with van der Waals surface area (Å²) >= 11 is 2.94. The van der Waals surface area contributed by atoms with E-state index in [2.05, 4.69) is 15.9 Å². The van der Waals surface area contributed by atoms with Gasteiger partial charge in [-0.15, -0.1) is 0 Å². The normalized spacial score (nSPS) is 1.50. The standard InChI is InChI=1S/Bi.Cu.O.V.3H. The summed E-state index contributed by atoms with van der Waals surface area (Å²) in [6.07, 6.45) is 0. The van der Waals surface area contributed by atoms with Crippen LogP contribution in [0, 0.1) is 0 Å². The summed E-state index contributed by atoms with van der Waals surface area (Å²) in [5, 5.41) is 0. The number of rotatable bonds is 0. The molecular weight excluding hydrogens is 339 g/mol. The van der Waals surface area contributed by atoms with Gasteiger partial charge in [0.05, 0.1) is 0 Å². The van der Waals surface area contributed by atoms with Gasteiger partial charge in [-0.1, -0.05) is 0 Å². The third-order valence-electron chi connectivity index (χ3n) is 0. The Morgan fingerprint density at radius 3 is 1.25 bits per heavy atom. The van der Waals surface area contributed by atoms with Crippen LogP contribution in [0.3, 0.4) is 0 Å². The molecule has 30 valence electrons. The Morgan fingerprint density at radius 2 is 1.25 bits per heavy atom. The van der Waals surface area contributed by atoms with E-state index < -0.39 is 0 Å². The zero-order valence-corrected chi connectivity index (χ0v) is 9.70. The monoisotopic (exact) mass is 342 g/mol. The zero-order chi connectivity index (χ0) is 2.00. The first kappa shape index (κ1) is 17.1. The molecule has 0 saturated heterocycles. The Bertz CT molecular complexity index is 8.00. The summed E-state index contributed by atoms with van der Waals surface area (Å²) in [7, 11) is 0. The van der Waals surface area contributed by atoms with Gasteiger partial charge in [0.1, 0.15) is 0 Å². The van der Waals surface area contributed by atoms with Gasteiger partial charge >= 0.3 is 46.0 Å². The first-order valence-electron chi connectivity index (χ1n) is 0.123. The Kier molecular flexibility index (Phi) is 91.8. The average molecular weight is 342 g/mol. The second kappa shape index (κ2) is 21.5. The van der Waals surface area contributed by atoms with Crippen LogP contribution in [0.2, 0.25) is 0 Å². The van der Waals surface area contributed by atoms with E-state index in [1.807, 2.05) is 0 Å². The fourth-order valence-corrected chi connectivity index (χ4v) is 0. The molecule has 0 aromatic heterocycles. The molecule has 0 aliphatic carbocycles. The molecule has 1 radical (unpaired) electrons. The first-order valence-corrected chi connectivity index (χ1v) is 0.508. The van der Waals surface area contributed by atoms with Gasteiger partial charge in [0.25, 0.3) is 0 Å². The van der Waals surface area contributed by atoms with Crippen molar-refractivity contribution in [3.8, 4) is 0 Å². The largest absolute Gasteiger partial charge is 0 e. The Hall–Kier alpha value is 1.79. The van der Waals surface area contributed by atoms with Gasteiger partial charge in [0, 0.05) is 18.6 Å². The average Bonchev–Trinajstić information content (AvgIpc) is 1.00. The van der Waals surface area contributed by atoms with Gasteiger partial charge in [0.15, 0.2) is 0 Å². The van der Waals surface area contributed by atoms with Gasteiger partial charge in [0.2, 0.25) is 0 Å². The molecule has 0 amide bonds. The van der Waals surface area contributed by atoms with Crippen molar-refractivity contribution < 1.29 is 38.3 Å². The van der Waals surface area contributed by atoms with E-state index in [9.17, 15) is 0 Å². The zero-order valence-electron chi connectivity index (χ0n) is 1.86. The molecule has 1 nitrogen and oxygen atoms in total. The predicted octanol–water partition coefficient (Wildman–Crippen LogP) is -1.31. The van der Waals surface area contributed by atoms with Crippen molar-refractivity contribution in [1.82, 2.24) is 0 Å². The van der Waals surface area contributed by atoms with Crippen LogP contribution in [0.5, 0.6) is 0 Å². The van der Waals surface area contributed by atoms with Crippen LogP contribution in [0.4, 0.5) is 0 Å². The van der Waals surface area contributed by atoms with E-state index in [0.717, 1.165) is 0 Å². The molecule has 0 N–H and O–H groups in total. The second-order valence-corrected chi connectivity index (χ2v) is 0. The maximum atomic E-state index is 7.81. The molecule has 0 bridgehead atoms. The predicted molar refractivity (Wildman–Crippen MR) is 10.6 cm³/mol. The van der Waals surface area contributed by atoms with Crippen molar-refractivity contribution in [2.75, 3.05) is 0 Å². The maximum Gasteiger partial charge on any atom is 0 e. The van der Waals surface area contributed by atoms with Crippen LogP contribution in [-0.4, -0.2) is 26.2 Å². The summed E-state index contributed by atoms with van der Waals surface area (Å²) in [4.78, 5) is 0. The van der Waals surface area contributed by atoms with Crippen LogP contribution in [0.25, 0.3) is 0 Å². The van der Waals surface area contributed by atoms with Crippen molar-refractivity contribution in [3.63, 3.8) is 0 Å². The van der Waals surface area contributed by atoms with Gasteiger partial charge in [-0.3, -0.25) is 0 Å². The SMILES string of the molecule is [BiH3].[O]=[Cu].[V]. The molecule has 0 spiro atoms.